The average Bonchev–Trinajstić information content (AvgIpc) is 2.39. The highest BCUT2D eigenvalue weighted by Crippen LogP contribution is 1.99. The van der Waals surface area contributed by atoms with E-state index in [1.807, 2.05) is 6.92 Å². The second-order valence-corrected chi connectivity index (χ2v) is 3.41. The molecule has 0 aliphatic heterocycles. The number of amidine groups is 1. The van der Waals surface area contributed by atoms with Crippen LogP contribution in [0.4, 0.5) is 5.82 Å². The van der Waals surface area contributed by atoms with Crippen molar-refractivity contribution in [1.29, 1.82) is 0 Å². The Balaban J connectivity index is 0.000000399. The van der Waals surface area contributed by atoms with Gasteiger partial charge in [0.15, 0.2) is 5.84 Å². The van der Waals surface area contributed by atoms with Crippen molar-refractivity contribution >= 4 is 17.6 Å². The Bertz CT molecular complexity index is 421. The Hall–Kier alpha value is -2.35. The third-order valence-corrected chi connectivity index (χ3v) is 1.79. The van der Waals surface area contributed by atoms with Gasteiger partial charge in [0.05, 0.1) is 6.61 Å². The van der Waals surface area contributed by atoms with Crippen molar-refractivity contribution in [2.75, 3.05) is 12.3 Å². The number of esters is 1. The number of hydrazone groups is 1. The molecular formula is C11H20N6O2. The van der Waals surface area contributed by atoms with E-state index in [1.54, 1.807) is 18.2 Å². The van der Waals surface area contributed by atoms with Gasteiger partial charge < -0.3 is 21.7 Å². The van der Waals surface area contributed by atoms with E-state index in [1.165, 1.54) is 6.92 Å². The second kappa shape index (κ2) is 9.66. The van der Waals surface area contributed by atoms with E-state index in [0.29, 0.717) is 24.0 Å². The Morgan fingerprint density at radius 2 is 2.21 bits per heavy atom. The van der Waals surface area contributed by atoms with Crippen molar-refractivity contribution in [1.82, 2.24) is 10.4 Å². The fraction of sp³-hybridized carbons (Fsp3) is 0.364. The predicted octanol–water partition coefficient (Wildman–Crippen LogP) is -0.293. The minimum Gasteiger partial charge on any atom is -0.466 e. The Morgan fingerprint density at radius 3 is 2.58 bits per heavy atom. The summed E-state index contributed by atoms with van der Waals surface area (Å²) in [6.45, 7) is 3.92. The molecule has 0 aliphatic rings. The van der Waals surface area contributed by atoms with Gasteiger partial charge in [-0.25, -0.2) is 10.8 Å². The number of nitrogens with zero attached hydrogens (tertiary/aromatic N) is 2. The maximum absolute atomic E-state index is 9.98. The van der Waals surface area contributed by atoms with Gasteiger partial charge in [0.2, 0.25) is 0 Å². The molecule has 19 heavy (non-hydrogen) atoms. The summed E-state index contributed by atoms with van der Waals surface area (Å²) in [5.74, 6) is 10.6. The lowest BCUT2D eigenvalue weighted by Gasteiger charge is -2.02. The Labute approximate surface area is 112 Å². The summed E-state index contributed by atoms with van der Waals surface area (Å²) in [5.41, 5.74) is 8.25. The molecule has 0 amide bonds. The van der Waals surface area contributed by atoms with E-state index in [-0.39, 0.29) is 5.97 Å². The van der Waals surface area contributed by atoms with E-state index < -0.39 is 0 Å². The lowest BCUT2D eigenvalue weighted by Crippen LogP contribution is -2.32. The third kappa shape index (κ3) is 7.55. The molecule has 1 heterocycles. The first kappa shape index (κ1) is 16.6. The van der Waals surface area contributed by atoms with Crippen LogP contribution >= 0.6 is 0 Å². The number of nitrogens with one attached hydrogen (secondary N) is 1. The zero-order valence-electron chi connectivity index (χ0n) is 11.1. The highest BCUT2D eigenvalue weighted by molar-refractivity contribution is 5.96. The maximum Gasteiger partial charge on any atom is 0.302 e. The Kier molecular flexibility index (Phi) is 8.46. The number of nitrogens with two attached hydrogens (primary N) is 3. The molecule has 1 rings (SSSR count). The molecule has 7 N–H and O–H groups in total. The summed E-state index contributed by atoms with van der Waals surface area (Å²) in [6.07, 6.45) is 0.902. The number of hydrazine groups is 1. The summed E-state index contributed by atoms with van der Waals surface area (Å²) in [6, 6.07) is 5.09. The van der Waals surface area contributed by atoms with Crippen LogP contribution in [0.25, 0.3) is 0 Å². The van der Waals surface area contributed by atoms with E-state index in [2.05, 4.69) is 20.2 Å². The highest BCUT2D eigenvalue weighted by Gasteiger charge is 2.01. The number of aromatic nitrogens is 1. The third-order valence-electron chi connectivity index (χ3n) is 1.79. The number of ether oxygens (including phenoxy) is 1. The SMILES string of the molecule is CCCOC(C)=O.N/N=C(\NN)c1cccc(N)n1. The van der Waals surface area contributed by atoms with Gasteiger partial charge >= 0.3 is 5.97 Å². The average molecular weight is 268 g/mol. The monoisotopic (exact) mass is 268 g/mol. The molecule has 0 aromatic carbocycles. The molecule has 1 aromatic rings. The van der Waals surface area contributed by atoms with Gasteiger partial charge in [-0.1, -0.05) is 13.0 Å². The zero-order valence-corrected chi connectivity index (χ0v) is 11.1. The van der Waals surface area contributed by atoms with Crippen LogP contribution in [0.3, 0.4) is 0 Å². The number of carbonyl (C=O) groups excluding carboxylic acids is 1. The van der Waals surface area contributed by atoms with Crippen LogP contribution in [0.15, 0.2) is 23.3 Å². The minimum absolute atomic E-state index is 0.193. The van der Waals surface area contributed by atoms with Crippen molar-refractivity contribution in [3.8, 4) is 0 Å². The molecule has 0 saturated heterocycles. The number of anilines is 1. The minimum atomic E-state index is -0.193. The van der Waals surface area contributed by atoms with Gasteiger partial charge in [0, 0.05) is 6.92 Å². The molecular weight excluding hydrogens is 248 g/mol. The fourth-order valence-electron chi connectivity index (χ4n) is 1.01. The quantitative estimate of drug-likeness (QED) is 0.194. The zero-order chi connectivity index (χ0) is 14.7. The highest BCUT2D eigenvalue weighted by atomic mass is 16.5. The van der Waals surface area contributed by atoms with Gasteiger partial charge in [-0.05, 0) is 18.6 Å². The van der Waals surface area contributed by atoms with Crippen LogP contribution in [-0.4, -0.2) is 23.4 Å². The molecule has 0 unspecified atom stereocenters. The van der Waals surface area contributed by atoms with Crippen LogP contribution in [0.5, 0.6) is 0 Å². The first-order valence-corrected chi connectivity index (χ1v) is 5.65. The van der Waals surface area contributed by atoms with Crippen LogP contribution < -0.4 is 22.8 Å². The van der Waals surface area contributed by atoms with E-state index in [0.717, 1.165) is 6.42 Å². The predicted molar refractivity (Wildman–Crippen MR) is 73.6 cm³/mol. The van der Waals surface area contributed by atoms with Crippen LogP contribution in [0.2, 0.25) is 0 Å². The standard InChI is InChI=1S/C6H10N6.C5H10O2/c7-5-3-1-2-4(10-5)6(11-8)12-9;1-3-4-7-5(2)6/h1-3H,8-9H2,(H2,7,10)(H,11,12);3-4H2,1-2H3. The topological polar surface area (TPSA) is 142 Å². The largest absolute Gasteiger partial charge is 0.466 e. The van der Waals surface area contributed by atoms with Crippen molar-refractivity contribution in [2.24, 2.45) is 16.8 Å². The lowest BCUT2D eigenvalue weighted by molar-refractivity contribution is -0.140. The number of rotatable bonds is 3. The molecule has 1 aromatic heterocycles. The summed E-state index contributed by atoms with van der Waals surface area (Å²) in [4.78, 5) is 13.9. The normalized spacial score (nSPS) is 10.2. The van der Waals surface area contributed by atoms with Crippen LogP contribution in [-0.2, 0) is 9.53 Å². The molecule has 8 nitrogen and oxygen atoms in total. The molecule has 8 heteroatoms. The van der Waals surface area contributed by atoms with E-state index in [4.69, 9.17) is 17.4 Å². The van der Waals surface area contributed by atoms with Crippen molar-refractivity contribution in [2.45, 2.75) is 20.3 Å². The van der Waals surface area contributed by atoms with Gasteiger partial charge in [-0.2, -0.15) is 5.10 Å². The second-order valence-electron chi connectivity index (χ2n) is 3.41. The maximum atomic E-state index is 9.98. The first-order chi connectivity index (χ1) is 9.04. The summed E-state index contributed by atoms with van der Waals surface area (Å²) in [5, 5.41) is 3.38. The summed E-state index contributed by atoms with van der Waals surface area (Å²) >= 11 is 0. The molecule has 0 fully saturated rings. The number of nitrogen functional groups attached to an aromatic ring is 1. The van der Waals surface area contributed by atoms with E-state index in [9.17, 15) is 4.79 Å². The van der Waals surface area contributed by atoms with Gasteiger partial charge in [0.25, 0.3) is 0 Å². The number of hydrogen-bond donors (Lipinski definition) is 4. The summed E-state index contributed by atoms with van der Waals surface area (Å²) < 4.78 is 4.55. The smallest absolute Gasteiger partial charge is 0.302 e. The van der Waals surface area contributed by atoms with Gasteiger partial charge in [-0.15, -0.1) is 0 Å². The van der Waals surface area contributed by atoms with Gasteiger partial charge in [-0.3, -0.25) is 4.79 Å². The van der Waals surface area contributed by atoms with Crippen molar-refractivity contribution < 1.29 is 9.53 Å². The molecule has 0 bridgehead atoms. The molecule has 0 saturated carbocycles. The number of carbonyl (C=O) groups is 1. The summed E-state index contributed by atoms with van der Waals surface area (Å²) in [7, 11) is 0. The van der Waals surface area contributed by atoms with E-state index >= 15 is 0 Å². The lowest BCUT2D eigenvalue weighted by atomic mass is 10.3. The van der Waals surface area contributed by atoms with Crippen LogP contribution in [0.1, 0.15) is 26.0 Å². The van der Waals surface area contributed by atoms with Crippen molar-refractivity contribution in [3.63, 3.8) is 0 Å². The molecule has 0 atom stereocenters. The van der Waals surface area contributed by atoms with Gasteiger partial charge in [0.1, 0.15) is 11.5 Å². The van der Waals surface area contributed by atoms with Crippen molar-refractivity contribution in [3.05, 3.63) is 23.9 Å². The fourth-order valence-corrected chi connectivity index (χ4v) is 1.01. The number of hydrogen-bond acceptors (Lipinski definition) is 7. The molecule has 0 radical (unpaired) electrons. The molecule has 0 aliphatic carbocycles. The number of pyridine rings is 1. The molecule has 106 valence electrons. The first-order valence-electron chi connectivity index (χ1n) is 5.65. The molecule has 0 spiro atoms. The van der Waals surface area contributed by atoms with Crippen LogP contribution in [0, 0.1) is 0 Å². The Morgan fingerprint density at radius 1 is 1.53 bits per heavy atom.